The van der Waals surface area contributed by atoms with Crippen LogP contribution < -0.4 is 10.6 Å². The summed E-state index contributed by atoms with van der Waals surface area (Å²) >= 11 is 5.97. The molecule has 9 heteroatoms. The van der Waals surface area contributed by atoms with Crippen LogP contribution in [0.1, 0.15) is 5.56 Å². The van der Waals surface area contributed by atoms with Gasteiger partial charge in [0.25, 0.3) is 0 Å². The molecule has 2 aromatic carbocycles. The number of benzene rings is 2. The first-order chi connectivity index (χ1) is 14.6. The number of hydrogen-bond donors (Lipinski definition) is 2. The van der Waals surface area contributed by atoms with Gasteiger partial charge in [-0.25, -0.2) is 9.07 Å². The second-order valence-corrected chi connectivity index (χ2v) is 6.76. The fourth-order valence-corrected chi connectivity index (χ4v) is 3.00. The lowest BCUT2D eigenvalue weighted by atomic mass is 10.1. The molecule has 0 fully saturated rings. The summed E-state index contributed by atoms with van der Waals surface area (Å²) in [6, 6.07) is 16.8. The van der Waals surface area contributed by atoms with Gasteiger partial charge in [-0.15, -0.1) is 10.2 Å². The van der Waals surface area contributed by atoms with Gasteiger partial charge in [0.1, 0.15) is 5.82 Å². The summed E-state index contributed by atoms with van der Waals surface area (Å²) in [6.07, 6.45) is 3.30. The maximum absolute atomic E-state index is 13.8. The molecule has 0 aliphatic rings. The van der Waals surface area contributed by atoms with E-state index >= 15 is 0 Å². The zero-order chi connectivity index (χ0) is 20.9. The molecule has 0 spiro atoms. The van der Waals surface area contributed by atoms with E-state index in [0.29, 0.717) is 17.3 Å². The zero-order valence-corrected chi connectivity index (χ0v) is 16.3. The van der Waals surface area contributed by atoms with Gasteiger partial charge in [0.15, 0.2) is 11.6 Å². The van der Waals surface area contributed by atoms with E-state index in [0.717, 1.165) is 5.69 Å². The van der Waals surface area contributed by atoms with Crippen molar-refractivity contribution in [2.24, 2.45) is 0 Å². The van der Waals surface area contributed by atoms with Gasteiger partial charge in [-0.1, -0.05) is 17.7 Å². The minimum absolute atomic E-state index is 0.149. The van der Waals surface area contributed by atoms with E-state index in [1.54, 1.807) is 65.6 Å². The Hall–Kier alpha value is -3.78. The Morgan fingerprint density at radius 1 is 1.00 bits per heavy atom. The number of anilines is 3. The average Bonchev–Trinajstić information content (AvgIpc) is 3.28. The summed E-state index contributed by atoms with van der Waals surface area (Å²) in [4.78, 5) is 12.2. The normalized spacial score (nSPS) is 10.6. The Morgan fingerprint density at radius 2 is 1.80 bits per heavy atom. The highest BCUT2D eigenvalue weighted by molar-refractivity contribution is 6.31. The second kappa shape index (κ2) is 8.71. The summed E-state index contributed by atoms with van der Waals surface area (Å²) in [7, 11) is 0. The predicted octanol–water partition coefficient (Wildman–Crippen LogP) is 4.38. The van der Waals surface area contributed by atoms with Crippen molar-refractivity contribution in [3.8, 4) is 5.82 Å². The van der Waals surface area contributed by atoms with Crippen molar-refractivity contribution in [3.63, 3.8) is 0 Å². The molecule has 0 atom stereocenters. The Morgan fingerprint density at radius 3 is 2.47 bits per heavy atom. The molecule has 0 radical (unpaired) electrons. The molecule has 2 aromatic heterocycles. The molecule has 0 unspecified atom stereocenters. The van der Waals surface area contributed by atoms with Gasteiger partial charge >= 0.3 is 0 Å². The monoisotopic (exact) mass is 422 g/mol. The molecule has 2 heterocycles. The quantitative estimate of drug-likeness (QED) is 0.481. The zero-order valence-electron chi connectivity index (χ0n) is 15.6. The van der Waals surface area contributed by atoms with Crippen molar-refractivity contribution >= 4 is 34.7 Å². The van der Waals surface area contributed by atoms with Crippen LogP contribution in [0.5, 0.6) is 0 Å². The highest BCUT2D eigenvalue weighted by Gasteiger charge is 2.12. The molecule has 0 saturated heterocycles. The van der Waals surface area contributed by atoms with Crippen molar-refractivity contribution in [3.05, 3.63) is 89.5 Å². The van der Waals surface area contributed by atoms with Gasteiger partial charge in [0.05, 0.1) is 6.42 Å². The fourth-order valence-electron chi connectivity index (χ4n) is 2.77. The van der Waals surface area contributed by atoms with Crippen LogP contribution in [0, 0.1) is 5.82 Å². The first-order valence-electron chi connectivity index (χ1n) is 9.02. The van der Waals surface area contributed by atoms with Crippen LogP contribution >= 0.6 is 11.6 Å². The van der Waals surface area contributed by atoms with Crippen molar-refractivity contribution in [2.45, 2.75) is 6.42 Å². The fraction of sp³-hybridized carbons (Fsp3) is 0.0476. The van der Waals surface area contributed by atoms with Crippen LogP contribution in [0.2, 0.25) is 5.02 Å². The van der Waals surface area contributed by atoms with Gasteiger partial charge in [0.2, 0.25) is 5.91 Å². The molecule has 150 valence electrons. The summed E-state index contributed by atoms with van der Waals surface area (Å²) in [5.41, 5.74) is 1.52. The highest BCUT2D eigenvalue weighted by atomic mass is 35.5. The van der Waals surface area contributed by atoms with E-state index in [9.17, 15) is 9.18 Å². The number of carbonyl (C=O) groups excluding carboxylic acids is 1. The van der Waals surface area contributed by atoms with E-state index in [2.05, 4.69) is 25.9 Å². The highest BCUT2D eigenvalue weighted by Crippen LogP contribution is 2.21. The van der Waals surface area contributed by atoms with Crippen LogP contribution in [0.25, 0.3) is 5.82 Å². The summed E-state index contributed by atoms with van der Waals surface area (Å²) in [6.45, 7) is 0. The first-order valence-corrected chi connectivity index (χ1v) is 9.40. The smallest absolute Gasteiger partial charge is 0.228 e. The molecular formula is C21H16ClFN6O. The molecule has 0 saturated carbocycles. The first kappa shape index (κ1) is 19.5. The van der Waals surface area contributed by atoms with Gasteiger partial charge < -0.3 is 10.6 Å². The predicted molar refractivity (Wildman–Crippen MR) is 113 cm³/mol. The number of amides is 1. The van der Waals surface area contributed by atoms with Crippen LogP contribution in [-0.4, -0.2) is 25.9 Å². The number of carbonyl (C=O) groups is 1. The molecule has 0 aliphatic heterocycles. The Labute approximate surface area is 176 Å². The number of hydrogen-bond acceptors (Lipinski definition) is 5. The standard InChI is InChI=1S/C21H16ClFN6O/c22-17-3-1-4-18(23)16(17)13-21(30)26-15-7-5-14(6-8-15)25-19-9-10-20(28-27-19)29-12-2-11-24-29/h1-12H,13H2,(H,25,27)(H,26,30). The minimum atomic E-state index is -0.503. The lowest BCUT2D eigenvalue weighted by Gasteiger charge is -2.09. The van der Waals surface area contributed by atoms with Crippen molar-refractivity contribution in [1.29, 1.82) is 0 Å². The number of nitrogens with one attached hydrogen (secondary N) is 2. The lowest BCUT2D eigenvalue weighted by molar-refractivity contribution is -0.115. The topological polar surface area (TPSA) is 84.7 Å². The third-order valence-corrected chi connectivity index (χ3v) is 4.58. The maximum atomic E-state index is 13.8. The Bertz CT molecular complexity index is 1130. The van der Waals surface area contributed by atoms with Crippen molar-refractivity contribution in [1.82, 2.24) is 20.0 Å². The number of rotatable bonds is 6. The third kappa shape index (κ3) is 4.61. The molecule has 1 amide bonds. The summed E-state index contributed by atoms with van der Waals surface area (Å²) in [5.74, 6) is 0.315. The number of halogens is 2. The molecule has 30 heavy (non-hydrogen) atoms. The van der Waals surface area contributed by atoms with Gasteiger partial charge in [0, 0.05) is 34.4 Å². The molecular weight excluding hydrogens is 407 g/mol. The largest absolute Gasteiger partial charge is 0.339 e. The van der Waals surface area contributed by atoms with Crippen molar-refractivity contribution < 1.29 is 9.18 Å². The van der Waals surface area contributed by atoms with Gasteiger partial charge in [-0.05, 0) is 54.6 Å². The van der Waals surface area contributed by atoms with Crippen LogP contribution in [0.15, 0.2) is 73.1 Å². The van der Waals surface area contributed by atoms with Crippen LogP contribution in [0.4, 0.5) is 21.6 Å². The molecule has 2 N–H and O–H groups in total. The molecule has 0 bridgehead atoms. The maximum Gasteiger partial charge on any atom is 0.228 e. The second-order valence-electron chi connectivity index (χ2n) is 6.35. The van der Waals surface area contributed by atoms with Crippen molar-refractivity contribution in [2.75, 3.05) is 10.6 Å². The average molecular weight is 423 g/mol. The van der Waals surface area contributed by atoms with E-state index in [1.807, 2.05) is 0 Å². The molecule has 0 aliphatic carbocycles. The van der Waals surface area contributed by atoms with E-state index < -0.39 is 5.82 Å². The molecule has 7 nitrogen and oxygen atoms in total. The van der Waals surface area contributed by atoms with Crippen LogP contribution in [0.3, 0.4) is 0 Å². The number of aromatic nitrogens is 4. The van der Waals surface area contributed by atoms with Gasteiger partial charge in [-0.3, -0.25) is 4.79 Å². The lowest BCUT2D eigenvalue weighted by Crippen LogP contribution is -2.15. The van der Waals surface area contributed by atoms with E-state index in [4.69, 9.17) is 11.6 Å². The Kier molecular flexibility index (Phi) is 5.67. The summed E-state index contributed by atoms with van der Waals surface area (Å²) < 4.78 is 15.4. The Balaban J connectivity index is 1.36. The number of nitrogens with zero attached hydrogens (tertiary/aromatic N) is 4. The van der Waals surface area contributed by atoms with Crippen LogP contribution in [-0.2, 0) is 11.2 Å². The van der Waals surface area contributed by atoms with Gasteiger partial charge in [-0.2, -0.15) is 5.10 Å². The molecule has 4 aromatic rings. The van der Waals surface area contributed by atoms with E-state index in [1.165, 1.54) is 12.1 Å². The van der Waals surface area contributed by atoms with E-state index in [-0.39, 0.29) is 22.9 Å². The SMILES string of the molecule is O=C(Cc1c(F)cccc1Cl)Nc1ccc(Nc2ccc(-n3cccn3)nn2)cc1. The third-order valence-electron chi connectivity index (χ3n) is 4.23. The minimum Gasteiger partial charge on any atom is -0.339 e. The molecule has 4 rings (SSSR count). The summed E-state index contributed by atoms with van der Waals surface area (Å²) in [5, 5.41) is 18.4.